The molecule has 0 aromatic heterocycles. The van der Waals surface area contributed by atoms with Gasteiger partial charge in [-0.3, -0.25) is 0 Å². The van der Waals surface area contributed by atoms with Gasteiger partial charge in [-0.05, 0) is 50.6 Å². The van der Waals surface area contributed by atoms with E-state index in [1.165, 1.54) is 4.31 Å². The third-order valence-electron chi connectivity index (χ3n) is 3.94. The van der Waals surface area contributed by atoms with Crippen LogP contribution in [0, 0.1) is 11.7 Å². The van der Waals surface area contributed by atoms with Crippen molar-refractivity contribution < 1.29 is 22.3 Å². The minimum Gasteiger partial charge on any atom is -0.465 e. The van der Waals surface area contributed by atoms with Gasteiger partial charge in [0.25, 0.3) is 0 Å². The van der Waals surface area contributed by atoms with Gasteiger partial charge in [0.15, 0.2) is 0 Å². The number of piperidine rings is 1. The van der Waals surface area contributed by atoms with Crippen molar-refractivity contribution in [2.24, 2.45) is 5.92 Å². The van der Waals surface area contributed by atoms with E-state index in [1.807, 2.05) is 7.05 Å². The van der Waals surface area contributed by atoms with Gasteiger partial charge in [-0.1, -0.05) is 0 Å². The molecule has 0 amide bonds. The average Bonchev–Trinajstić information content (AvgIpc) is 2.54. The predicted molar refractivity (Wildman–Crippen MR) is 90.4 cm³/mol. The largest absolute Gasteiger partial charge is 0.465 e. The zero-order valence-corrected chi connectivity index (χ0v) is 15.3. The highest BCUT2D eigenvalue weighted by atomic mass is 35.5. The first-order valence-corrected chi connectivity index (χ1v) is 8.86. The van der Waals surface area contributed by atoms with Crippen molar-refractivity contribution in [3.63, 3.8) is 0 Å². The lowest BCUT2D eigenvalue weighted by Gasteiger charge is -2.32. The number of nitrogens with zero attached hydrogens (tertiary/aromatic N) is 1. The van der Waals surface area contributed by atoms with Crippen molar-refractivity contribution in [3.8, 4) is 0 Å². The number of nitrogens with one attached hydrogen (secondary N) is 1. The maximum absolute atomic E-state index is 13.4. The first-order chi connectivity index (χ1) is 10.9. The minimum absolute atomic E-state index is 0. The molecule has 1 aromatic rings. The summed E-state index contributed by atoms with van der Waals surface area (Å²) in [5.74, 6) is -1.34. The monoisotopic (exact) mass is 380 g/mol. The molecule has 1 unspecified atom stereocenters. The molecular weight excluding hydrogens is 359 g/mol. The van der Waals surface area contributed by atoms with E-state index >= 15 is 0 Å². The van der Waals surface area contributed by atoms with E-state index in [-0.39, 0.29) is 28.8 Å². The molecule has 0 radical (unpaired) electrons. The van der Waals surface area contributed by atoms with Crippen LogP contribution in [0.2, 0.25) is 0 Å². The lowest BCUT2D eigenvalue weighted by molar-refractivity contribution is 0.0595. The van der Waals surface area contributed by atoms with Gasteiger partial charge >= 0.3 is 5.97 Å². The predicted octanol–water partition coefficient (Wildman–Crippen LogP) is 1.65. The number of hydrogen-bond donors (Lipinski definition) is 1. The van der Waals surface area contributed by atoms with E-state index in [0.717, 1.165) is 44.7 Å². The normalized spacial score (nSPS) is 18.7. The summed E-state index contributed by atoms with van der Waals surface area (Å²) in [4.78, 5) is 11.6. The minimum atomic E-state index is -3.88. The summed E-state index contributed by atoms with van der Waals surface area (Å²) >= 11 is 0. The molecule has 1 aromatic carbocycles. The highest BCUT2D eigenvalue weighted by Crippen LogP contribution is 2.26. The molecule has 0 saturated carbocycles. The number of rotatable bonds is 5. The fourth-order valence-electron chi connectivity index (χ4n) is 2.84. The molecule has 24 heavy (non-hydrogen) atoms. The summed E-state index contributed by atoms with van der Waals surface area (Å²) in [7, 11) is -0.923. The molecule has 0 spiro atoms. The van der Waals surface area contributed by atoms with Gasteiger partial charge < -0.3 is 10.1 Å². The van der Waals surface area contributed by atoms with Crippen molar-refractivity contribution in [1.82, 2.24) is 9.62 Å². The Balaban J connectivity index is 0.00000288. The summed E-state index contributed by atoms with van der Waals surface area (Å²) in [6.45, 7) is 1.49. The number of benzene rings is 1. The molecule has 0 bridgehead atoms. The van der Waals surface area contributed by atoms with Crippen LogP contribution in [0.5, 0.6) is 0 Å². The van der Waals surface area contributed by atoms with Crippen LogP contribution in [0.25, 0.3) is 0 Å². The number of carbonyl (C=O) groups is 1. The molecule has 0 aliphatic carbocycles. The van der Waals surface area contributed by atoms with E-state index in [4.69, 9.17) is 0 Å². The van der Waals surface area contributed by atoms with Gasteiger partial charge in [-0.25, -0.2) is 17.6 Å². The highest BCUT2D eigenvalue weighted by molar-refractivity contribution is 7.89. The van der Waals surface area contributed by atoms with Crippen molar-refractivity contribution in [2.45, 2.75) is 17.7 Å². The summed E-state index contributed by atoms with van der Waals surface area (Å²) in [5.41, 5.74) is -0.275. The zero-order valence-electron chi connectivity index (χ0n) is 13.6. The second-order valence-corrected chi connectivity index (χ2v) is 7.47. The quantitative estimate of drug-likeness (QED) is 0.786. The third-order valence-corrected chi connectivity index (χ3v) is 5.86. The standard InChI is InChI=1S/C15H21FN2O4S.ClH/c1-17-9-11-4-3-7-18(10-11)23(20,21)14-6-5-12(16)8-13(14)15(19)22-2;/h5-6,8,11,17H,3-4,7,9-10H2,1-2H3;1H. The van der Waals surface area contributed by atoms with Gasteiger partial charge in [0.1, 0.15) is 5.82 Å². The van der Waals surface area contributed by atoms with Crippen LogP contribution < -0.4 is 5.32 Å². The molecular formula is C15H22ClFN2O4S. The molecule has 1 saturated heterocycles. The van der Waals surface area contributed by atoms with Crippen molar-refractivity contribution in [1.29, 1.82) is 0 Å². The Morgan fingerprint density at radius 3 is 2.79 bits per heavy atom. The molecule has 6 nitrogen and oxygen atoms in total. The van der Waals surface area contributed by atoms with Crippen LogP contribution in [0.15, 0.2) is 23.1 Å². The number of sulfonamides is 1. The number of carbonyl (C=O) groups excluding carboxylic acids is 1. The van der Waals surface area contributed by atoms with Crippen LogP contribution in [-0.2, 0) is 14.8 Å². The summed E-state index contributed by atoms with van der Waals surface area (Å²) in [5, 5.41) is 3.05. The van der Waals surface area contributed by atoms with Gasteiger partial charge in [0.2, 0.25) is 10.0 Å². The summed E-state index contributed by atoms with van der Waals surface area (Å²) in [6.07, 6.45) is 1.69. The maximum atomic E-state index is 13.4. The molecule has 136 valence electrons. The summed E-state index contributed by atoms with van der Waals surface area (Å²) in [6, 6.07) is 3.06. The average molecular weight is 381 g/mol. The smallest absolute Gasteiger partial charge is 0.339 e. The number of esters is 1. The summed E-state index contributed by atoms with van der Waals surface area (Å²) < 4.78 is 45.1. The molecule has 1 fully saturated rings. The third kappa shape index (κ3) is 4.44. The van der Waals surface area contributed by atoms with Gasteiger partial charge in [-0.2, -0.15) is 4.31 Å². The Morgan fingerprint density at radius 2 is 2.17 bits per heavy atom. The topological polar surface area (TPSA) is 75.7 Å². The zero-order chi connectivity index (χ0) is 17.0. The molecule has 1 N–H and O–H groups in total. The van der Waals surface area contributed by atoms with Crippen LogP contribution in [0.4, 0.5) is 4.39 Å². The SMILES string of the molecule is CNCC1CCCN(S(=O)(=O)c2ccc(F)cc2C(=O)OC)C1.Cl. The Labute approximate surface area is 147 Å². The van der Waals surface area contributed by atoms with Crippen LogP contribution in [-0.4, -0.2) is 52.5 Å². The second kappa shape index (κ2) is 8.75. The second-order valence-electron chi connectivity index (χ2n) is 5.56. The van der Waals surface area contributed by atoms with Crippen LogP contribution >= 0.6 is 12.4 Å². The Hall–Kier alpha value is -1.22. The Morgan fingerprint density at radius 1 is 1.46 bits per heavy atom. The lowest BCUT2D eigenvalue weighted by atomic mass is 10.00. The van der Waals surface area contributed by atoms with E-state index in [2.05, 4.69) is 10.1 Å². The molecule has 1 aliphatic heterocycles. The number of methoxy groups -OCH3 is 1. The number of hydrogen-bond acceptors (Lipinski definition) is 5. The fraction of sp³-hybridized carbons (Fsp3) is 0.533. The van der Waals surface area contributed by atoms with E-state index < -0.39 is 21.8 Å². The first-order valence-electron chi connectivity index (χ1n) is 7.42. The van der Waals surface area contributed by atoms with Gasteiger partial charge in [-0.15, -0.1) is 12.4 Å². The van der Waals surface area contributed by atoms with Crippen molar-refractivity contribution >= 4 is 28.4 Å². The molecule has 1 atom stereocenters. The van der Waals surface area contributed by atoms with E-state index in [9.17, 15) is 17.6 Å². The highest BCUT2D eigenvalue weighted by Gasteiger charge is 2.33. The van der Waals surface area contributed by atoms with Crippen molar-refractivity contribution in [3.05, 3.63) is 29.6 Å². The van der Waals surface area contributed by atoms with E-state index in [0.29, 0.717) is 13.1 Å². The van der Waals surface area contributed by atoms with Gasteiger partial charge in [0.05, 0.1) is 17.6 Å². The van der Waals surface area contributed by atoms with E-state index in [1.54, 1.807) is 0 Å². The maximum Gasteiger partial charge on any atom is 0.339 e. The first kappa shape index (κ1) is 20.8. The van der Waals surface area contributed by atoms with Crippen molar-refractivity contribution in [2.75, 3.05) is 33.8 Å². The Bertz CT molecular complexity index is 682. The Kier molecular flexibility index (Phi) is 7.59. The van der Waals surface area contributed by atoms with Crippen LogP contribution in [0.3, 0.4) is 0 Å². The molecule has 2 rings (SSSR count). The lowest BCUT2D eigenvalue weighted by Crippen LogP contribution is -2.42. The molecule has 9 heteroatoms. The molecule has 1 aliphatic rings. The molecule has 1 heterocycles. The number of ether oxygens (including phenoxy) is 1. The van der Waals surface area contributed by atoms with Crippen LogP contribution in [0.1, 0.15) is 23.2 Å². The number of halogens is 2. The van der Waals surface area contributed by atoms with Gasteiger partial charge in [0, 0.05) is 13.1 Å². The fourth-order valence-corrected chi connectivity index (χ4v) is 4.55.